The molecule has 8 nitrogen and oxygen atoms in total. The smallest absolute Gasteiger partial charge is 0.293 e. The second kappa shape index (κ2) is 10.7. The van der Waals surface area contributed by atoms with Gasteiger partial charge in [0.15, 0.2) is 23.3 Å². The quantitative estimate of drug-likeness (QED) is 0.146. The van der Waals surface area contributed by atoms with E-state index in [9.17, 15) is 32.5 Å². The molecule has 0 unspecified atom stereocenters. The largest absolute Gasteiger partial charge is 0.378 e. The van der Waals surface area contributed by atoms with E-state index in [1.54, 1.807) is 12.1 Å². The van der Waals surface area contributed by atoms with E-state index in [2.05, 4.69) is 0 Å². The van der Waals surface area contributed by atoms with E-state index in [-0.39, 0.29) is 31.9 Å². The minimum absolute atomic E-state index is 0.0318. The first-order valence-electron chi connectivity index (χ1n) is 11.0. The summed E-state index contributed by atoms with van der Waals surface area (Å²) in [6.45, 7) is 1.92. The molecule has 2 saturated heterocycles. The van der Waals surface area contributed by atoms with Gasteiger partial charge in [-0.15, -0.1) is 0 Å². The van der Waals surface area contributed by atoms with Crippen molar-refractivity contribution in [2.75, 3.05) is 62.3 Å². The van der Waals surface area contributed by atoms with Gasteiger partial charge in [0.05, 0.1) is 18.1 Å². The molecule has 2 aliphatic rings. The van der Waals surface area contributed by atoms with Crippen LogP contribution in [0.1, 0.15) is 5.56 Å². The average molecular weight is 529 g/mol. The van der Waals surface area contributed by atoms with Crippen molar-refractivity contribution >= 4 is 40.6 Å². The van der Waals surface area contributed by atoms with E-state index < -0.39 is 44.8 Å². The second-order valence-corrected chi connectivity index (χ2v) is 8.55. The van der Waals surface area contributed by atoms with Crippen molar-refractivity contribution in [3.63, 3.8) is 0 Å². The van der Waals surface area contributed by atoms with Crippen LogP contribution in [0.4, 0.5) is 34.6 Å². The van der Waals surface area contributed by atoms with Crippen LogP contribution in [0.5, 0.6) is 0 Å². The molecule has 2 aliphatic heterocycles. The van der Waals surface area contributed by atoms with E-state index in [0.717, 1.165) is 4.90 Å². The third-order valence-corrected chi connectivity index (χ3v) is 6.39. The number of ether oxygens (including phenoxy) is 1. The lowest BCUT2D eigenvalue weighted by Crippen LogP contribution is -2.49. The van der Waals surface area contributed by atoms with E-state index in [4.69, 9.17) is 16.3 Å². The number of hydrogen-bond acceptors (Lipinski definition) is 6. The Bertz CT molecular complexity index is 1190. The zero-order valence-corrected chi connectivity index (χ0v) is 19.6. The van der Waals surface area contributed by atoms with Gasteiger partial charge in [0, 0.05) is 51.4 Å². The molecule has 0 aliphatic carbocycles. The molecule has 0 radical (unpaired) electrons. The number of halogens is 5. The molecular weight excluding hydrogens is 508 g/mol. The van der Waals surface area contributed by atoms with Crippen LogP contribution in [-0.4, -0.2) is 68.2 Å². The lowest BCUT2D eigenvalue weighted by Gasteiger charge is -2.36. The van der Waals surface area contributed by atoms with Crippen molar-refractivity contribution in [1.29, 1.82) is 0 Å². The molecule has 4 rings (SSSR count). The summed E-state index contributed by atoms with van der Waals surface area (Å²) in [7, 11) is 0. The number of amides is 1. The third kappa shape index (κ3) is 5.09. The van der Waals surface area contributed by atoms with Gasteiger partial charge < -0.3 is 19.4 Å². The zero-order chi connectivity index (χ0) is 26.0. The van der Waals surface area contributed by atoms with E-state index in [1.807, 2.05) is 4.90 Å². The maximum atomic E-state index is 14.2. The lowest BCUT2D eigenvalue weighted by atomic mass is 10.1. The summed E-state index contributed by atoms with van der Waals surface area (Å²) in [5.41, 5.74) is -0.0457. The van der Waals surface area contributed by atoms with Crippen molar-refractivity contribution < 1.29 is 32.0 Å². The van der Waals surface area contributed by atoms with Gasteiger partial charge in [-0.1, -0.05) is 17.7 Å². The van der Waals surface area contributed by atoms with Crippen LogP contribution in [0.15, 0.2) is 24.3 Å². The number of carbonyl (C=O) groups is 1. The number of carbonyl (C=O) groups excluding carboxylic acids is 1. The van der Waals surface area contributed by atoms with E-state index in [0.29, 0.717) is 37.6 Å². The van der Waals surface area contributed by atoms with Gasteiger partial charge in [0.2, 0.25) is 5.91 Å². The monoisotopic (exact) mass is 528 g/mol. The molecule has 2 heterocycles. The third-order valence-electron chi connectivity index (χ3n) is 6.06. The highest BCUT2D eigenvalue weighted by molar-refractivity contribution is 6.31. The normalized spacial score (nSPS) is 16.6. The number of nitro groups is 1. The average Bonchev–Trinajstić information content (AvgIpc) is 2.90. The van der Waals surface area contributed by atoms with Gasteiger partial charge in [-0.2, -0.15) is 0 Å². The van der Waals surface area contributed by atoms with Gasteiger partial charge in [-0.3, -0.25) is 14.9 Å². The van der Waals surface area contributed by atoms with Crippen molar-refractivity contribution in [3.8, 4) is 0 Å². The van der Waals surface area contributed by atoms with Crippen LogP contribution in [0.25, 0.3) is 6.08 Å². The van der Waals surface area contributed by atoms with Crippen molar-refractivity contribution in [2.24, 2.45) is 0 Å². The molecule has 36 heavy (non-hydrogen) atoms. The van der Waals surface area contributed by atoms with Crippen molar-refractivity contribution in [1.82, 2.24) is 4.90 Å². The van der Waals surface area contributed by atoms with Crippen molar-refractivity contribution in [2.45, 2.75) is 0 Å². The summed E-state index contributed by atoms with van der Waals surface area (Å²) < 4.78 is 61.3. The Morgan fingerprint density at radius 2 is 1.56 bits per heavy atom. The second-order valence-electron chi connectivity index (χ2n) is 8.17. The van der Waals surface area contributed by atoms with Crippen LogP contribution in [0.2, 0.25) is 5.02 Å². The standard InChI is InChI=1S/C23H21ClF4N4O4/c24-18-19(25)21(27)23(22(28)20(18)26)31-7-5-30(6-8-31)17(33)4-2-14-1-3-15(16(13-14)32(34)35)29-9-11-36-12-10-29/h1-4,13H,5-12H2/b4-2+. The summed E-state index contributed by atoms with van der Waals surface area (Å²) >= 11 is 5.27. The highest BCUT2D eigenvalue weighted by atomic mass is 35.5. The van der Waals surface area contributed by atoms with Crippen LogP contribution in [0, 0.1) is 33.4 Å². The number of nitro benzene ring substituents is 1. The predicted molar refractivity (Wildman–Crippen MR) is 125 cm³/mol. The highest BCUT2D eigenvalue weighted by Gasteiger charge is 2.30. The van der Waals surface area contributed by atoms with E-state index >= 15 is 0 Å². The maximum absolute atomic E-state index is 14.2. The molecule has 0 saturated carbocycles. The van der Waals surface area contributed by atoms with Gasteiger partial charge in [0.1, 0.15) is 16.4 Å². The van der Waals surface area contributed by atoms with Crippen molar-refractivity contribution in [3.05, 3.63) is 68.2 Å². The number of nitrogens with zero attached hydrogens (tertiary/aromatic N) is 4. The first kappa shape index (κ1) is 25.7. The summed E-state index contributed by atoms with van der Waals surface area (Å²) in [5.74, 6) is -6.98. The molecule has 2 aromatic carbocycles. The minimum atomic E-state index is -1.68. The number of benzene rings is 2. The van der Waals surface area contributed by atoms with Gasteiger partial charge in [0.25, 0.3) is 5.69 Å². The molecular formula is C23H21ClF4N4O4. The number of morpholine rings is 1. The predicted octanol–water partition coefficient (Wildman–Crippen LogP) is 4.00. The molecule has 1 amide bonds. The minimum Gasteiger partial charge on any atom is -0.378 e. The Hall–Kier alpha value is -3.38. The highest BCUT2D eigenvalue weighted by Crippen LogP contribution is 2.34. The van der Waals surface area contributed by atoms with E-state index in [1.165, 1.54) is 23.1 Å². The molecule has 0 N–H and O–H groups in total. The Labute approximate surface area is 208 Å². The van der Waals surface area contributed by atoms with Gasteiger partial charge >= 0.3 is 0 Å². The van der Waals surface area contributed by atoms with Crippen LogP contribution < -0.4 is 9.80 Å². The topological polar surface area (TPSA) is 79.2 Å². The molecule has 0 atom stereocenters. The van der Waals surface area contributed by atoms with Crippen LogP contribution in [0.3, 0.4) is 0 Å². The summed E-state index contributed by atoms with van der Waals surface area (Å²) in [5, 5.41) is 10.3. The molecule has 0 aromatic heterocycles. The SMILES string of the molecule is O=C(/C=C/c1ccc(N2CCOCC2)c([N+](=O)[O-])c1)N1CCN(c2c(F)c(F)c(Cl)c(F)c2F)CC1. The summed E-state index contributed by atoms with van der Waals surface area (Å²) in [6, 6.07) is 4.66. The fourth-order valence-corrected chi connectivity index (χ4v) is 4.32. The number of piperazine rings is 1. The maximum Gasteiger partial charge on any atom is 0.293 e. The number of hydrogen-bond donors (Lipinski definition) is 0. The Kier molecular flexibility index (Phi) is 7.65. The molecule has 13 heteroatoms. The van der Waals surface area contributed by atoms with Crippen LogP contribution in [-0.2, 0) is 9.53 Å². The molecule has 0 bridgehead atoms. The first-order chi connectivity index (χ1) is 17.2. The van der Waals surface area contributed by atoms with Gasteiger partial charge in [-0.05, 0) is 17.7 Å². The molecule has 2 fully saturated rings. The molecule has 192 valence electrons. The Balaban J connectivity index is 1.43. The summed E-state index contributed by atoms with van der Waals surface area (Å²) in [6.07, 6.45) is 2.68. The fourth-order valence-electron chi connectivity index (χ4n) is 4.16. The molecule has 2 aromatic rings. The Morgan fingerprint density at radius 1 is 0.944 bits per heavy atom. The zero-order valence-electron chi connectivity index (χ0n) is 18.9. The van der Waals surface area contributed by atoms with Gasteiger partial charge in [-0.25, -0.2) is 17.6 Å². The Morgan fingerprint density at radius 3 is 2.14 bits per heavy atom. The first-order valence-corrected chi connectivity index (χ1v) is 11.4. The fraction of sp³-hybridized carbons (Fsp3) is 0.348. The molecule has 0 spiro atoms. The number of anilines is 2. The number of rotatable bonds is 5. The summed E-state index contributed by atoms with van der Waals surface area (Å²) in [4.78, 5) is 28.1. The lowest BCUT2D eigenvalue weighted by molar-refractivity contribution is -0.384. The van der Waals surface area contributed by atoms with Crippen LogP contribution >= 0.6 is 11.6 Å².